The monoisotopic (exact) mass is 239 g/mol. The van der Waals surface area contributed by atoms with Crippen molar-refractivity contribution in [2.45, 2.75) is 13.5 Å². The van der Waals surface area contributed by atoms with Gasteiger partial charge >= 0.3 is 0 Å². The molecular weight excluding hydrogens is 230 g/mol. The number of hydrogen-bond acceptors (Lipinski definition) is 2. The summed E-state index contributed by atoms with van der Waals surface area (Å²) in [4.78, 5) is 7.41. The van der Waals surface area contributed by atoms with Gasteiger partial charge in [0.2, 0.25) is 0 Å². The Morgan fingerprint density at radius 2 is 2.47 bits per heavy atom. The smallest absolute Gasteiger partial charge is 0.179 e. The van der Waals surface area contributed by atoms with Crippen LogP contribution in [0.15, 0.2) is 23.9 Å². The molecule has 5 heteroatoms. The van der Waals surface area contributed by atoms with E-state index in [1.54, 1.807) is 6.20 Å². The molecule has 0 spiro atoms. The lowest BCUT2D eigenvalue weighted by Gasteiger charge is -2.01. The van der Waals surface area contributed by atoms with Crippen molar-refractivity contribution in [2.24, 2.45) is 0 Å². The molecular formula is C10H10ClN3S. The molecule has 2 heterocycles. The molecule has 0 fully saturated rings. The fraction of sp³-hybridized carbons (Fsp3) is 0.200. The van der Waals surface area contributed by atoms with Crippen molar-refractivity contribution in [1.82, 2.24) is 14.5 Å². The number of aryl methyl sites for hydroxylation is 1. The van der Waals surface area contributed by atoms with Crippen molar-refractivity contribution in [2.75, 3.05) is 0 Å². The predicted molar refractivity (Wildman–Crippen MR) is 64.6 cm³/mol. The van der Waals surface area contributed by atoms with E-state index in [2.05, 4.69) is 16.5 Å². The molecule has 1 N–H and O–H groups in total. The summed E-state index contributed by atoms with van der Waals surface area (Å²) < 4.78 is 2.45. The van der Waals surface area contributed by atoms with Crippen LogP contribution in [-0.4, -0.2) is 14.5 Å². The summed E-state index contributed by atoms with van der Waals surface area (Å²) >= 11 is 11.0. The quantitative estimate of drug-likeness (QED) is 0.817. The number of nitrogens with one attached hydrogen (secondary N) is 1. The van der Waals surface area contributed by atoms with E-state index >= 15 is 0 Å². The van der Waals surface area contributed by atoms with Gasteiger partial charge < -0.3 is 4.98 Å². The molecule has 3 nitrogen and oxygen atoms in total. The summed E-state index contributed by atoms with van der Waals surface area (Å²) in [6.45, 7) is 6.12. The molecule has 0 atom stereocenters. The van der Waals surface area contributed by atoms with Crippen LogP contribution in [0.3, 0.4) is 0 Å². The zero-order chi connectivity index (χ0) is 11.0. The Hall–Kier alpha value is -1.13. The molecule has 0 aliphatic heterocycles. The number of aromatic nitrogens is 3. The maximum Gasteiger partial charge on any atom is 0.179 e. The second-order valence-corrected chi connectivity index (χ2v) is 4.34. The largest absolute Gasteiger partial charge is 0.329 e. The molecule has 0 aromatic carbocycles. The van der Waals surface area contributed by atoms with Crippen LogP contribution in [0.4, 0.5) is 0 Å². The van der Waals surface area contributed by atoms with E-state index in [1.165, 1.54) is 0 Å². The summed E-state index contributed by atoms with van der Waals surface area (Å²) in [7, 11) is 0. The maximum absolute atomic E-state index is 5.77. The first kappa shape index (κ1) is 10.4. The molecule has 0 aliphatic rings. The lowest BCUT2D eigenvalue weighted by atomic mass is 10.3. The van der Waals surface area contributed by atoms with Crippen LogP contribution in [0.5, 0.6) is 0 Å². The second-order valence-electron chi connectivity index (χ2n) is 3.42. The molecule has 0 bridgehead atoms. The molecule has 15 heavy (non-hydrogen) atoms. The van der Waals surface area contributed by atoms with Crippen LogP contribution in [-0.2, 0) is 6.54 Å². The number of H-pyrrole nitrogens is 1. The van der Waals surface area contributed by atoms with Crippen molar-refractivity contribution >= 4 is 35.0 Å². The zero-order valence-corrected chi connectivity index (χ0v) is 9.82. The molecule has 0 aliphatic carbocycles. The fourth-order valence-electron chi connectivity index (χ4n) is 1.47. The molecule has 0 unspecified atom stereocenters. The van der Waals surface area contributed by atoms with Crippen LogP contribution in [0, 0.1) is 11.7 Å². The van der Waals surface area contributed by atoms with Gasteiger partial charge in [0.05, 0.1) is 12.1 Å². The summed E-state index contributed by atoms with van der Waals surface area (Å²) in [6, 6.07) is 2.01. The van der Waals surface area contributed by atoms with Crippen molar-refractivity contribution in [1.29, 1.82) is 0 Å². The van der Waals surface area contributed by atoms with Crippen LogP contribution < -0.4 is 0 Å². The minimum Gasteiger partial charge on any atom is -0.329 e. The highest BCUT2D eigenvalue weighted by molar-refractivity contribution is 7.71. The standard InChI is InChI=1S/C10H10ClN3S/c1-6-3-8-9(12-4-6)14(5-7(2)11)10(15)13-8/h3-4H,2,5H2,1H3,(H,13,15). The van der Waals surface area contributed by atoms with E-state index in [-0.39, 0.29) is 0 Å². The van der Waals surface area contributed by atoms with E-state index in [1.807, 2.05) is 17.6 Å². The Labute approximate surface area is 97.4 Å². The van der Waals surface area contributed by atoms with Crippen LogP contribution in [0.1, 0.15) is 5.56 Å². The van der Waals surface area contributed by atoms with E-state index in [4.69, 9.17) is 23.8 Å². The number of imidazole rings is 1. The number of allylic oxidation sites excluding steroid dienone is 1. The van der Waals surface area contributed by atoms with E-state index in [0.717, 1.165) is 16.7 Å². The fourth-order valence-corrected chi connectivity index (χ4v) is 1.85. The second kappa shape index (κ2) is 3.79. The topological polar surface area (TPSA) is 33.6 Å². The highest BCUT2D eigenvalue weighted by Crippen LogP contribution is 2.15. The summed E-state index contributed by atoms with van der Waals surface area (Å²) in [5, 5.41) is 0.536. The number of halogens is 1. The third kappa shape index (κ3) is 1.96. The van der Waals surface area contributed by atoms with Gasteiger partial charge in [0, 0.05) is 11.2 Å². The Morgan fingerprint density at radius 1 is 1.73 bits per heavy atom. The Morgan fingerprint density at radius 3 is 3.13 bits per heavy atom. The molecule has 78 valence electrons. The first-order valence-electron chi connectivity index (χ1n) is 4.46. The maximum atomic E-state index is 5.77. The number of aromatic amines is 1. The van der Waals surface area contributed by atoms with E-state index in [0.29, 0.717) is 16.3 Å². The van der Waals surface area contributed by atoms with Crippen molar-refractivity contribution < 1.29 is 0 Å². The van der Waals surface area contributed by atoms with Crippen LogP contribution in [0.2, 0.25) is 0 Å². The van der Waals surface area contributed by atoms with Gasteiger partial charge in [-0.15, -0.1) is 0 Å². The van der Waals surface area contributed by atoms with Crippen molar-refractivity contribution in [3.8, 4) is 0 Å². The molecule has 2 aromatic rings. The van der Waals surface area contributed by atoms with Crippen molar-refractivity contribution in [3.63, 3.8) is 0 Å². The van der Waals surface area contributed by atoms with Gasteiger partial charge in [0.25, 0.3) is 0 Å². The Kier molecular flexibility index (Phi) is 2.63. The first-order valence-corrected chi connectivity index (χ1v) is 5.25. The Bertz CT molecular complexity index is 582. The number of fused-ring (bicyclic) bond motifs is 1. The minimum absolute atomic E-state index is 0.483. The minimum atomic E-state index is 0.483. The average Bonchev–Trinajstić information content (AvgIpc) is 2.41. The van der Waals surface area contributed by atoms with Gasteiger partial charge in [-0.2, -0.15) is 0 Å². The number of hydrogen-bond donors (Lipinski definition) is 1. The average molecular weight is 240 g/mol. The summed E-state index contributed by atoms with van der Waals surface area (Å²) in [6.07, 6.45) is 1.80. The molecule has 0 radical (unpaired) electrons. The SMILES string of the molecule is C=C(Cl)Cn1c(=S)[nH]c2cc(C)cnc21. The van der Waals surface area contributed by atoms with Crippen LogP contribution in [0.25, 0.3) is 11.2 Å². The van der Waals surface area contributed by atoms with E-state index < -0.39 is 0 Å². The molecule has 2 aromatic heterocycles. The molecule has 2 rings (SSSR count). The predicted octanol–water partition coefficient (Wildman–Crippen LogP) is 3.15. The number of nitrogens with zero attached hydrogens (tertiary/aromatic N) is 2. The lowest BCUT2D eigenvalue weighted by Crippen LogP contribution is -1.98. The molecule has 0 amide bonds. The normalized spacial score (nSPS) is 10.8. The van der Waals surface area contributed by atoms with Gasteiger partial charge in [0.1, 0.15) is 0 Å². The lowest BCUT2D eigenvalue weighted by molar-refractivity contribution is 0.814. The highest BCUT2D eigenvalue weighted by atomic mass is 35.5. The summed E-state index contributed by atoms with van der Waals surface area (Å²) in [5.74, 6) is 0. The molecule has 0 saturated heterocycles. The van der Waals surface area contributed by atoms with Gasteiger partial charge in [-0.25, -0.2) is 4.98 Å². The first-order chi connectivity index (χ1) is 7.08. The van der Waals surface area contributed by atoms with Crippen LogP contribution >= 0.6 is 23.8 Å². The van der Waals surface area contributed by atoms with Gasteiger partial charge in [0.15, 0.2) is 10.4 Å². The van der Waals surface area contributed by atoms with Gasteiger partial charge in [-0.1, -0.05) is 18.2 Å². The van der Waals surface area contributed by atoms with Gasteiger partial charge in [-0.3, -0.25) is 4.57 Å². The van der Waals surface area contributed by atoms with E-state index in [9.17, 15) is 0 Å². The Balaban J connectivity index is 2.68. The third-order valence-corrected chi connectivity index (χ3v) is 2.52. The molecule has 0 saturated carbocycles. The number of pyridine rings is 1. The van der Waals surface area contributed by atoms with Crippen molar-refractivity contribution in [3.05, 3.63) is 34.2 Å². The summed E-state index contributed by atoms with van der Waals surface area (Å²) in [5.41, 5.74) is 2.83. The number of rotatable bonds is 2. The third-order valence-electron chi connectivity index (χ3n) is 2.08. The van der Waals surface area contributed by atoms with Gasteiger partial charge in [-0.05, 0) is 30.8 Å². The highest BCUT2D eigenvalue weighted by Gasteiger charge is 2.05. The zero-order valence-electron chi connectivity index (χ0n) is 8.25.